The molecule has 0 bridgehead atoms. The van der Waals surface area contributed by atoms with E-state index in [1.54, 1.807) is 12.1 Å². The molecule has 0 radical (unpaired) electrons. The molecule has 0 aliphatic heterocycles. The Morgan fingerprint density at radius 2 is 1.33 bits per heavy atom. The van der Waals surface area contributed by atoms with Crippen LogP contribution in [0.4, 0.5) is 0 Å². The van der Waals surface area contributed by atoms with E-state index in [4.69, 9.17) is 38.4 Å². The summed E-state index contributed by atoms with van der Waals surface area (Å²) >= 11 is 12.0. The average Bonchev–Trinajstić information content (AvgIpc) is 2.94. The van der Waals surface area contributed by atoms with Crippen molar-refractivity contribution in [3.05, 3.63) is 124 Å². The van der Waals surface area contributed by atoms with Crippen LogP contribution in [0.2, 0.25) is 10.0 Å². The van der Waals surface area contributed by atoms with Crippen LogP contribution in [-0.2, 0) is 24.5 Å². The van der Waals surface area contributed by atoms with Crippen molar-refractivity contribution in [3.8, 4) is 17.2 Å². The van der Waals surface area contributed by atoms with Crippen molar-refractivity contribution < 1.29 is 19.4 Å². The standard InChI is InChI=1S/C31H30Cl2N2O4/c32-25-11-9-22(10-12-25)21-38-29-7-3-1-5-23(29)19-35(18-17-28(34)31(36)37)20-24-6-2-4-8-30(24)39-27-15-13-26(33)14-16-27/h1-16,28H,17-21,34H2,(H,36,37). The lowest BCUT2D eigenvalue weighted by Gasteiger charge is -2.25. The minimum Gasteiger partial charge on any atom is -0.489 e. The van der Waals surface area contributed by atoms with Gasteiger partial charge in [0.05, 0.1) is 0 Å². The average molecular weight is 565 g/mol. The third-order valence-corrected chi connectivity index (χ3v) is 6.66. The molecule has 0 aliphatic carbocycles. The lowest BCUT2D eigenvalue weighted by atomic mass is 10.1. The number of carboxylic acid groups (broad SMARTS) is 1. The van der Waals surface area contributed by atoms with Gasteiger partial charge in [-0.05, 0) is 60.5 Å². The van der Waals surface area contributed by atoms with Gasteiger partial charge >= 0.3 is 5.97 Å². The molecular formula is C31H30Cl2N2O4. The van der Waals surface area contributed by atoms with Crippen molar-refractivity contribution in [1.82, 2.24) is 4.90 Å². The second kappa shape index (κ2) is 14.0. The number of para-hydroxylation sites is 2. The quantitative estimate of drug-likeness (QED) is 0.179. The van der Waals surface area contributed by atoms with Crippen molar-refractivity contribution >= 4 is 29.2 Å². The molecule has 4 aromatic carbocycles. The number of hydrogen-bond acceptors (Lipinski definition) is 5. The maximum absolute atomic E-state index is 11.4. The highest BCUT2D eigenvalue weighted by Gasteiger charge is 2.18. The molecule has 1 unspecified atom stereocenters. The molecule has 0 heterocycles. The van der Waals surface area contributed by atoms with Gasteiger partial charge in [0, 0.05) is 40.8 Å². The van der Waals surface area contributed by atoms with E-state index in [1.807, 2.05) is 84.9 Å². The number of hydrogen-bond donors (Lipinski definition) is 2. The molecule has 4 rings (SSSR count). The van der Waals surface area contributed by atoms with Crippen molar-refractivity contribution in [2.75, 3.05) is 6.54 Å². The van der Waals surface area contributed by atoms with Gasteiger partial charge in [-0.3, -0.25) is 9.69 Å². The van der Waals surface area contributed by atoms with Crippen LogP contribution in [0.15, 0.2) is 97.1 Å². The third-order valence-electron chi connectivity index (χ3n) is 6.16. The zero-order valence-electron chi connectivity index (χ0n) is 21.3. The van der Waals surface area contributed by atoms with Crippen LogP contribution in [0.1, 0.15) is 23.1 Å². The summed E-state index contributed by atoms with van der Waals surface area (Å²) < 4.78 is 12.3. The summed E-state index contributed by atoms with van der Waals surface area (Å²) in [5, 5.41) is 10.6. The first-order valence-corrected chi connectivity index (χ1v) is 13.3. The zero-order chi connectivity index (χ0) is 27.6. The molecule has 1 atom stereocenters. The lowest BCUT2D eigenvalue weighted by molar-refractivity contribution is -0.138. The molecule has 6 nitrogen and oxygen atoms in total. The van der Waals surface area contributed by atoms with Crippen LogP contribution in [0, 0.1) is 0 Å². The molecule has 0 saturated heterocycles. The number of aliphatic carboxylic acids is 1. The van der Waals surface area contributed by atoms with Crippen molar-refractivity contribution in [2.45, 2.75) is 32.2 Å². The molecule has 4 aromatic rings. The van der Waals surface area contributed by atoms with Gasteiger partial charge in [0.2, 0.25) is 0 Å². The smallest absolute Gasteiger partial charge is 0.320 e. The van der Waals surface area contributed by atoms with E-state index in [-0.39, 0.29) is 0 Å². The van der Waals surface area contributed by atoms with Crippen molar-refractivity contribution in [3.63, 3.8) is 0 Å². The van der Waals surface area contributed by atoms with E-state index in [0.717, 1.165) is 22.4 Å². The topological polar surface area (TPSA) is 85.0 Å². The summed E-state index contributed by atoms with van der Waals surface area (Å²) in [5.41, 5.74) is 8.79. The Labute approximate surface area is 238 Å². The molecule has 0 saturated carbocycles. The first-order chi connectivity index (χ1) is 18.9. The highest BCUT2D eigenvalue weighted by molar-refractivity contribution is 6.30. The van der Waals surface area contributed by atoms with Crippen LogP contribution in [0.3, 0.4) is 0 Å². The van der Waals surface area contributed by atoms with Gasteiger partial charge < -0.3 is 20.3 Å². The summed E-state index contributed by atoms with van der Waals surface area (Å²) in [4.78, 5) is 13.6. The van der Waals surface area contributed by atoms with Crippen LogP contribution < -0.4 is 15.2 Å². The monoisotopic (exact) mass is 564 g/mol. The summed E-state index contributed by atoms with van der Waals surface area (Å²) in [6.07, 6.45) is 0.295. The predicted octanol–water partition coefficient (Wildman–Crippen LogP) is 7.17. The van der Waals surface area contributed by atoms with E-state index in [9.17, 15) is 9.90 Å². The summed E-state index contributed by atoms with van der Waals surface area (Å²) in [6, 6.07) is 29.4. The lowest BCUT2D eigenvalue weighted by Crippen LogP contribution is -2.35. The Bertz CT molecular complexity index is 1360. The highest BCUT2D eigenvalue weighted by Crippen LogP contribution is 2.29. The molecule has 8 heteroatoms. The summed E-state index contributed by atoms with van der Waals surface area (Å²) in [7, 11) is 0. The molecule has 0 amide bonds. The molecule has 3 N–H and O–H groups in total. The van der Waals surface area contributed by atoms with Gasteiger partial charge in [-0.1, -0.05) is 71.7 Å². The fraction of sp³-hybridized carbons (Fsp3) is 0.194. The number of carboxylic acids is 1. The van der Waals surface area contributed by atoms with Crippen molar-refractivity contribution in [2.24, 2.45) is 5.73 Å². The number of ether oxygens (including phenoxy) is 2. The van der Waals surface area contributed by atoms with Crippen LogP contribution in [0.5, 0.6) is 17.2 Å². The number of rotatable bonds is 13. The third kappa shape index (κ3) is 8.73. The highest BCUT2D eigenvalue weighted by atomic mass is 35.5. The Morgan fingerprint density at radius 3 is 1.95 bits per heavy atom. The molecular weight excluding hydrogens is 535 g/mol. The molecule has 0 spiro atoms. The van der Waals surface area contributed by atoms with Gasteiger partial charge in [0.25, 0.3) is 0 Å². The second-order valence-corrected chi connectivity index (χ2v) is 10.0. The first kappa shape index (κ1) is 28.5. The largest absolute Gasteiger partial charge is 0.489 e. The number of halogens is 2. The minimum absolute atomic E-state index is 0.295. The SMILES string of the molecule is NC(CCN(Cc1ccccc1OCc1ccc(Cl)cc1)Cc1ccccc1Oc1ccc(Cl)cc1)C(=O)O. The number of carbonyl (C=O) groups is 1. The van der Waals surface area contributed by atoms with E-state index >= 15 is 0 Å². The van der Waals surface area contributed by atoms with Crippen molar-refractivity contribution in [1.29, 1.82) is 0 Å². The summed E-state index contributed by atoms with van der Waals surface area (Å²) in [6.45, 7) is 1.91. The molecule has 0 aromatic heterocycles. The Hall–Kier alpha value is -3.55. The van der Waals surface area contributed by atoms with E-state index in [1.165, 1.54) is 0 Å². The van der Waals surface area contributed by atoms with Crippen LogP contribution in [-0.4, -0.2) is 28.6 Å². The van der Waals surface area contributed by atoms with Gasteiger partial charge in [-0.2, -0.15) is 0 Å². The minimum atomic E-state index is -1.02. The Kier molecular flexibility index (Phi) is 10.2. The zero-order valence-corrected chi connectivity index (χ0v) is 22.8. The molecule has 0 aliphatic rings. The van der Waals surface area contributed by atoms with E-state index < -0.39 is 12.0 Å². The number of nitrogens with two attached hydrogens (primary N) is 1. The normalized spacial score (nSPS) is 11.8. The van der Waals surface area contributed by atoms with Gasteiger partial charge in [-0.25, -0.2) is 0 Å². The fourth-order valence-electron chi connectivity index (χ4n) is 4.02. The maximum atomic E-state index is 11.4. The Morgan fingerprint density at radius 1 is 0.795 bits per heavy atom. The maximum Gasteiger partial charge on any atom is 0.320 e. The first-order valence-electron chi connectivity index (χ1n) is 12.5. The molecule has 39 heavy (non-hydrogen) atoms. The molecule has 202 valence electrons. The second-order valence-electron chi connectivity index (χ2n) is 9.13. The van der Waals surface area contributed by atoms with E-state index in [0.29, 0.717) is 54.2 Å². The fourth-order valence-corrected chi connectivity index (χ4v) is 4.27. The van der Waals surface area contributed by atoms with Crippen LogP contribution >= 0.6 is 23.2 Å². The summed E-state index contributed by atoms with van der Waals surface area (Å²) in [5.74, 6) is 1.12. The van der Waals surface area contributed by atoms with Gasteiger partial charge in [0.1, 0.15) is 29.9 Å². The number of benzene rings is 4. The van der Waals surface area contributed by atoms with Crippen LogP contribution in [0.25, 0.3) is 0 Å². The van der Waals surface area contributed by atoms with E-state index in [2.05, 4.69) is 4.90 Å². The molecule has 0 fully saturated rings. The predicted molar refractivity (Wildman–Crippen MR) is 155 cm³/mol. The number of nitrogens with zero attached hydrogens (tertiary/aromatic N) is 1. The van der Waals surface area contributed by atoms with Gasteiger partial charge in [0.15, 0.2) is 0 Å². The Balaban J connectivity index is 1.53. The van der Waals surface area contributed by atoms with Gasteiger partial charge in [-0.15, -0.1) is 0 Å².